The van der Waals surface area contributed by atoms with Gasteiger partial charge in [-0.25, -0.2) is 9.59 Å². The van der Waals surface area contributed by atoms with Gasteiger partial charge in [-0.05, 0) is 78.6 Å². The molecule has 2 aliphatic heterocycles. The number of carbonyl (C=O) groups is 4. The fourth-order valence-electron chi connectivity index (χ4n) is 8.74. The number of phenolic OH excluding ortho intramolecular Hbond substituents is 1. The van der Waals surface area contributed by atoms with Crippen molar-refractivity contribution >= 4 is 40.5 Å². The number of rotatable bonds is 12. The Kier molecular flexibility index (Phi) is 11.5. The van der Waals surface area contributed by atoms with Crippen LogP contribution in [0.25, 0.3) is 33.4 Å². The van der Waals surface area contributed by atoms with Gasteiger partial charge in [-0.2, -0.15) is 0 Å². The number of nitrogens with zero attached hydrogens (tertiary/aromatic N) is 1. The molecule has 15 nitrogen and oxygen atoms in total. The van der Waals surface area contributed by atoms with Crippen molar-refractivity contribution in [3.8, 4) is 39.7 Å². The number of anilines is 1. The van der Waals surface area contributed by atoms with E-state index in [1.54, 1.807) is 24.1 Å². The van der Waals surface area contributed by atoms with E-state index in [0.29, 0.717) is 34.4 Å². The van der Waals surface area contributed by atoms with Gasteiger partial charge in [-0.15, -0.1) is 0 Å². The van der Waals surface area contributed by atoms with E-state index >= 15 is 0 Å². The molecular formula is C47H43N3O12. The first-order valence-electron chi connectivity index (χ1n) is 20.0. The van der Waals surface area contributed by atoms with E-state index in [2.05, 4.69) is 10.6 Å². The minimum absolute atomic E-state index is 0.0682. The number of nitrogens with one attached hydrogen (secondary N) is 2. The SMILES string of the molecule is COc1cccc(CCN(C(C)=O)[C@@H]2CC(C(=O)NCCOC(=O)Nc3ccc(-c4c5ccc(=O)cc-5oc5cc(O)ccc45)c(C(=O)O)c3)[C@@H]3c4ccccc4O[C@@H]3[C@H]2O)c1. The second-order valence-corrected chi connectivity index (χ2v) is 15.3. The van der Waals surface area contributed by atoms with Crippen LogP contribution in [-0.2, 0) is 20.7 Å². The normalized spacial score (nSPS) is 18.9. The molecule has 318 valence electrons. The predicted molar refractivity (Wildman–Crippen MR) is 227 cm³/mol. The van der Waals surface area contributed by atoms with Gasteiger partial charge in [0.05, 0.1) is 31.2 Å². The Bertz CT molecular complexity index is 2730. The molecule has 62 heavy (non-hydrogen) atoms. The van der Waals surface area contributed by atoms with Gasteiger partial charge in [0.15, 0.2) is 5.43 Å². The highest BCUT2D eigenvalue weighted by atomic mass is 16.5. The van der Waals surface area contributed by atoms with Gasteiger partial charge in [0, 0.05) is 59.3 Å². The maximum absolute atomic E-state index is 14.0. The molecule has 1 saturated carbocycles. The molecule has 0 radical (unpaired) electrons. The highest BCUT2D eigenvalue weighted by molar-refractivity contribution is 6.08. The van der Waals surface area contributed by atoms with Crippen LogP contribution >= 0.6 is 0 Å². The summed E-state index contributed by atoms with van der Waals surface area (Å²) in [5, 5.41) is 38.0. The van der Waals surface area contributed by atoms with Crippen LogP contribution in [0.2, 0.25) is 0 Å². The highest BCUT2D eigenvalue weighted by Crippen LogP contribution is 2.49. The second-order valence-electron chi connectivity index (χ2n) is 15.3. The summed E-state index contributed by atoms with van der Waals surface area (Å²) in [5.41, 5.74) is 2.77. The van der Waals surface area contributed by atoms with Gasteiger partial charge < -0.3 is 44.2 Å². The topological polar surface area (TPSA) is 214 Å². The quantitative estimate of drug-likeness (QED) is 0.0706. The average molecular weight is 842 g/mol. The zero-order valence-electron chi connectivity index (χ0n) is 33.7. The molecule has 2 aliphatic carbocycles. The number of aromatic carboxylic acids is 1. The molecule has 5 atom stereocenters. The van der Waals surface area contributed by atoms with Gasteiger partial charge in [0.25, 0.3) is 0 Å². The molecule has 5 N–H and O–H groups in total. The molecule has 8 rings (SSSR count). The summed E-state index contributed by atoms with van der Waals surface area (Å²) >= 11 is 0. The maximum atomic E-state index is 14.0. The molecule has 0 saturated heterocycles. The number of carboxylic acids is 1. The smallest absolute Gasteiger partial charge is 0.411 e. The minimum atomic E-state index is -1.29. The first-order valence-corrected chi connectivity index (χ1v) is 20.0. The Labute approximate surface area is 354 Å². The number of carbonyl (C=O) groups excluding carboxylic acids is 3. The number of fused-ring (bicyclic) bond motifs is 5. The van der Waals surface area contributed by atoms with Crippen LogP contribution in [0.15, 0.2) is 112 Å². The lowest BCUT2D eigenvalue weighted by atomic mass is 9.70. The third-order valence-electron chi connectivity index (χ3n) is 11.5. The van der Waals surface area contributed by atoms with Crippen molar-refractivity contribution in [1.82, 2.24) is 10.2 Å². The molecule has 1 fully saturated rings. The van der Waals surface area contributed by atoms with Crippen LogP contribution < -0.4 is 25.5 Å². The van der Waals surface area contributed by atoms with E-state index in [1.165, 1.54) is 55.5 Å². The Morgan fingerprint density at radius 3 is 2.52 bits per heavy atom. The molecule has 3 amide bonds. The summed E-state index contributed by atoms with van der Waals surface area (Å²) in [6.45, 7) is 1.42. The van der Waals surface area contributed by atoms with Crippen LogP contribution in [0.3, 0.4) is 0 Å². The van der Waals surface area contributed by atoms with Gasteiger partial charge in [0.1, 0.15) is 47.4 Å². The lowest BCUT2D eigenvalue weighted by molar-refractivity contribution is -0.145. The summed E-state index contributed by atoms with van der Waals surface area (Å²) in [6.07, 6.45) is -2.14. The molecule has 2 heterocycles. The van der Waals surface area contributed by atoms with E-state index in [-0.39, 0.29) is 77.3 Å². The Morgan fingerprint density at radius 2 is 1.73 bits per heavy atom. The zero-order chi connectivity index (χ0) is 43.7. The Hall–Kier alpha value is -7.39. The lowest BCUT2D eigenvalue weighted by Crippen LogP contribution is -2.59. The van der Waals surface area contributed by atoms with Gasteiger partial charge >= 0.3 is 12.1 Å². The van der Waals surface area contributed by atoms with E-state index in [1.807, 2.05) is 42.5 Å². The summed E-state index contributed by atoms with van der Waals surface area (Å²) in [6, 6.07) is 26.9. The third kappa shape index (κ3) is 8.21. The van der Waals surface area contributed by atoms with Crippen molar-refractivity contribution in [2.75, 3.05) is 32.1 Å². The number of phenols is 1. The first-order chi connectivity index (χ1) is 29.9. The number of aliphatic hydroxyl groups excluding tert-OH is 1. The number of methoxy groups -OCH3 is 1. The number of aliphatic hydroxyl groups is 1. The van der Waals surface area contributed by atoms with E-state index in [4.69, 9.17) is 18.6 Å². The lowest BCUT2D eigenvalue weighted by Gasteiger charge is -2.45. The van der Waals surface area contributed by atoms with Crippen molar-refractivity contribution in [2.24, 2.45) is 5.92 Å². The molecular weight excluding hydrogens is 799 g/mol. The van der Waals surface area contributed by atoms with Crippen LogP contribution in [0, 0.1) is 5.92 Å². The van der Waals surface area contributed by atoms with E-state index in [0.717, 1.165) is 11.1 Å². The Morgan fingerprint density at radius 1 is 0.919 bits per heavy atom. The standard InChI is InChI=1S/C47H43N3O12/c1-25(51)50(18-16-26-6-5-7-30(20-26)59-2)37-24-36(42-32-8-3-4-9-38(32)62-44(42)43(37)54)45(55)48-17-19-60-47(58)49-27-10-13-31(35(21-27)46(56)57)41-33-14-11-28(52)22-39(33)61-40-23-29(53)12-15-34(40)41/h3-15,20-23,36-37,42-44,52,54H,16-19,24H2,1-2H3,(H,48,55)(H,49,58)(H,56,57)/t36?,37-,42+,43+,44+/m1/s1. The number of ether oxygens (including phenoxy) is 3. The second kappa shape index (κ2) is 17.3. The highest BCUT2D eigenvalue weighted by Gasteiger charge is 2.54. The van der Waals surface area contributed by atoms with Gasteiger partial charge in [-0.1, -0.05) is 36.4 Å². The number of benzene rings is 5. The van der Waals surface area contributed by atoms with Gasteiger partial charge in [-0.3, -0.25) is 19.7 Å². The number of carboxylic acid groups (broad SMARTS) is 1. The maximum Gasteiger partial charge on any atom is 0.411 e. The summed E-state index contributed by atoms with van der Waals surface area (Å²) < 4.78 is 22.9. The van der Waals surface area contributed by atoms with Crippen molar-refractivity contribution < 1.29 is 53.1 Å². The Balaban J connectivity index is 0.947. The number of hydrogen-bond donors (Lipinski definition) is 5. The van der Waals surface area contributed by atoms with Crippen molar-refractivity contribution in [1.29, 1.82) is 0 Å². The largest absolute Gasteiger partial charge is 0.508 e. The molecule has 15 heteroatoms. The predicted octanol–water partition coefficient (Wildman–Crippen LogP) is 6.03. The summed E-state index contributed by atoms with van der Waals surface area (Å²) in [4.78, 5) is 66.5. The fraction of sp³-hybridized carbons (Fsp3) is 0.255. The number of para-hydroxylation sites is 1. The van der Waals surface area contributed by atoms with E-state index in [9.17, 15) is 39.3 Å². The van der Waals surface area contributed by atoms with Crippen molar-refractivity contribution in [3.63, 3.8) is 0 Å². The number of amides is 3. The average Bonchev–Trinajstić information content (AvgIpc) is 3.65. The molecule has 4 aromatic carbocycles. The van der Waals surface area contributed by atoms with E-state index < -0.39 is 42.1 Å². The van der Waals surface area contributed by atoms with Crippen LogP contribution in [-0.4, -0.2) is 89.2 Å². The zero-order valence-corrected chi connectivity index (χ0v) is 33.7. The van der Waals surface area contributed by atoms with Crippen LogP contribution in [0.4, 0.5) is 10.5 Å². The van der Waals surface area contributed by atoms with Crippen molar-refractivity contribution in [3.05, 3.63) is 130 Å². The minimum Gasteiger partial charge on any atom is -0.508 e. The molecule has 0 bridgehead atoms. The first kappa shape index (κ1) is 41.3. The summed E-state index contributed by atoms with van der Waals surface area (Å²) in [7, 11) is 1.58. The van der Waals surface area contributed by atoms with Crippen LogP contribution in [0.5, 0.6) is 17.2 Å². The molecule has 4 aromatic rings. The van der Waals surface area contributed by atoms with Crippen LogP contribution in [0.1, 0.15) is 40.7 Å². The number of hydrogen-bond acceptors (Lipinski definition) is 11. The monoisotopic (exact) mass is 841 g/mol. The van der Waals surface area contributed by atoms with Gasteiger partial charge in [0.2, 0.25) is 11.8 Å². The molecule has 0 aromatic heterocycles. The molecule has 0 spiro atoms. The fourth-order valence-corrected chi connectivity index (χ4v) is 8.74. The molecule has 1 unspecified atom stereocenters. The van der Waals surface area contributed by atoms with Crippen molar-refractivity contribution in [2.45, 2.75) is 43.9 Å². The number of aromatic hydroxyl groups is 1. The third-order valence-corrected chi connectivity index (χ3v) is 11.5. The summed E-state index contributed by atoms with van der Waals surface area (Å²) in [5.74, 6) is -1.77. The molecule has 4 aliphatic rings.